The molecule has 1 aliphatic rings. The SMILES string of the molecule is C=C(N)N[C@@H]1C=CCCNC(=C)N[C@H]1COC(=O)OCC(Cl)(Cl)Cl. The van der Waals surface area contributed by atoms with Gasteiger partial charge in [0.15, 0.2) is 0 Å². The maximum atomic E-state index is 11.6. The Bertz CT molecular complexity index is 494. The fourth-order valence-electron chi connectivity index (χ4n) is 1.90. The van der Waals surface area contributed by atoms with Gasteiger partial charge in [-0.25, -0.2) is 4.79 Å². The second-order valence-corrected chi connectivity index (χ2v) is 7.55. The van der Waals surface area contributed by atoms with Crippen LogP contribution in [0.1, 0.15) is 6.42 Å². The van der Waals surface area contributed by atoms with Gasteiger partial charge in [-0.05, 0) is 6.42 Å². The highest BCUT2D eigenvalue weighted by Crippen LogP contribution is 2.26. The minimum absolute atomic E-state index is 0.0331. The lowest BCUT2D eigenvalue weighted by molar-refractivity contribution is 0.0488. The van der Waals surface area contributed by atoms with Gasteiger partial charge < -0.3 is 31.2 Å². The monoisotopic (exact) mass is 398 g/mol. The molecule has 0 unspecified atom stereocenters. The molecule has 7 nitrogen and oxygen atoms in total. The molecule has 0 saturated carbocycles. The molecule has 1 rings (SSSR count). The number of rotatable bonds is 5. The lowest BCUT2D eigenvalue weighted by Gasteiger charge is -2.28. The molecule has 136 valence electrons. The van der Waals surface area contributed by atoms with Crippen LogP contribution in [0.15, 0.2) is 37.0 Å². The summed E-state index contributed by atoms with van der Waals surface area (Å²) in [5, 5.41) is 9.21. The van der Waals surface area contributed by atoms with E-state index in [4.69, 9.17) is 50.0 Å². The predicted octanol–water partition coefficient (Wildman–Crippen LogP) is 1.88. The van der Waals surface area contributed by atoms with Gasteiger partial charge in [-0.1, -0.05) is 60.1 Å². The van der Waals surface area contributed by atoms with Gasteiger partial charge in [0.05, 0.1) is 23.7 Å². The van der Waals surface area contributed by atoms with Crippen molar-refractivity contribution < 1.29 is 14.3 Å². The molecule has 1 heterocycles. The van der Waals surface area contributed by atoms with Crippen molar-refractivity contribution in [2.75, 3.05) is 19.8 Å². The summed E-state index contributed by atoms with van der Waals surface area (Å²) in [4.78, 5) is 11.6. The summed E-state index contributed by atoms with van der Waals surface area (Å²) in [7, 11) is 0. The average molecular weight is 400 g/mol. The fourth-order valence-corrected chi connectivity index (χ4v) is 2.06. The normalized spacial score (nSPS) is 21.4. The Kier molecular flexibility index (Phi) is 8.38. The van der Waals surface area contributed by atoms with Crippen molar-refractivity contribution in [1.82, 2.24) is 16.0 Å². The molecule has 1 aliphatic heterocycles. The molecule has 0 aliphatic carbocycles. The molecular formula is C14H21Cl3N4O3. The van der Waals surface area contributed by atoms with Crippen molar-refractivity contribution >= 4 is 41.0 Å². The Morgan fingerprint density at radius 1 is 1.46 bits per heavy atom. The zero-order valence-electron chi connectivity index (χ0n) is 13.0. The van der Waals surface area contributed by atoms with Crippen molar-refractivity contribution in [2.45, 2.75) is 22.3 Å². The average Bonchev–Trinajstić information content (AvgIpc) is 2.53. The Labute approximate surface area is 156 Å². The van der Waals surface area contributed by atoms with E-state index in [1.807, 2.05) is 12.2 Å². The molecule has 0 spiro atoms. The third-order valence-corrected chi connectivity index (χ3v) is 3.20. The summed E-state index contributed by atoms with van der Waals surface area (Å²) in [5.74, 6) is 0.879. The van der Waals surface area contributed by atoms with Crippen LogP contribution in [-0.4, -0.2) is 41.8 Å². The van der Waals surface area contributed by atoms with Crippen molar-refractivity contribution in [3.63, 3.8) is 0 Å². The zero-order valence-corrected chi connectivity index (χ0v) is 15.3. The van der Waals surface area contributed by atoms with Crippen molar-refractivity contribution in [3.8, 4) is 0 Å². The van der Waals surface area contributed by atoms with E-state index >= 15 is 0 Å². The van der Waals surface area contributed by atoms with Gasteiger partial charge in [0.25, 0.3) is 0 Å². The molecule has 24 heavy (non-hydrogen) atoms. The van der Waals surface area contributed by atoms with Crippen LogP contribution < -0.4 is 21.7 Å². The number of carbonyl (C=O) groups is 1. The zero-order chi connectivity index (χ0) is 18.2. The smallest absolute Gasteiger partial charge is 0.432 e. The van der Waals surface area contributed by atoms with Gasteiger partial charge in [-0.2, -0.15) is 0 Å². The highest BCUT2D eigenvalue weighted by Gasteiger charge is 2.25. The maximum absolute atomic E-state index is 11.6. The molecule has 10 heteroatoms. The van der Waals surface area contributed by atoms with Gasteiger partial charge in [0.1, 0.15) is 13.2 Å². The molecule has 0 aromatic rings. The van der Waals surface area contributed by atoms with E-state index in [1.165, 1.54) is 0 Å². The van der Waals surface area contributed by atoms with Crippen LogP contribution in [0.5, 0.6) is 0 Å². The van der Waals surface area contributed by atoms with E-state index < -0.39 is 16.6 Å². The van der Waals surface area contributed by atoms with Crippen molar-refractivity contribution in [3.05, 3.63) is 37.0 Å². The predicted molar refractivity (Wildman–Crippen MR) is 95.7 cm³/mol. The maximum Gasteiger partial charge on any atom is 0.508 e. The van der Waals surface area contributed by atoms with Crippen LogP contribution in [0, 0.1) is 0 Å². The van der Waals surface area contributed by atoms with E-state index in [9.17, 15) is 4.79 Å². The van der Waals surface area contributed by atoms with E-state index in [0.717, 1.165) is 13.0 Å². The van der Waals surface area contributed by atoms with Crippen LogP contribution >= 0.6 is 34.8 Å². The number of alkyl halides is 3. The number of hydrogen-bond donors (Lipinski definition) is 4. The number of nitrogens with one attached hydrogen (secondary N) is 3. The van der Waals surface area contributed by atoms with Gasteiger partial charge in [0, 0.05) is 6.54 Å². The lowest BCUT2D eigenvalue weighted by atomic mass is 10.1. The number of carbonyl (C=O) groups excluding carboxylic acids is 1. The van der Waals surface area contributed by atoms with Crippen molar-refractivity contribution in [1.29, 1.82) is 0 Å². The Hall–Kier alpha value is -1.44. The van der Waals surface area contributed by atoms with Gasteiger partial charge in [-0.15, -0.1) is 0 Å². The minimum atomic E-state index is -1.70. The molecule has 0 amide bonds. The topological polar surface area (TPSA) is 97.6 Å². The quantitative estimate of drug-likeness (QED) is 0.318. The Morgan fingerprint density at radius 2 is 2.17 bits per heavy atom. The summed E-state index contributed by atoms with van der Waals surface area (Å²) in [6.07, 6.45) is 3.74. The number of hydrogen-bond acceptors (Lipinski definition) is 7. The highest BCUT2D eigenvalue weighted by atomic mass is 35.6. The number of nitrogens with two attached hydrogens (primary N) is 1. The fraction of sp³-hybridized carbons (Fsp3) is 0.500. The molecule has 0 aromatic carbocycles. The summed E-state index contributed by atoms with van der Waals surface area (Å²) in [6.45, 7) is 7.76. The molecule has 0 aromatic heterocycles. The third kappa shape index (κ3) is 9.00. The van der Waals surface area contributed by atoms with Crippen LogP contribution in [0.4, 0.5) is 4.79 Å². The van der Waals surface area contributed by atoms with Gasteiger partial charge >= 0.3 is 6.16 Å². The van der Waals surface area contributed by atoms with E-state index in [0.29, 0.717) is 5.82 Å². The van der Waals surface area contributed by atoms with Crippen molar-refractivity contribution in [2.24, 2.45) is 5.73 Å². The lowest BCUT2D eigenvalue weighted by Crippen LogP contribution is -2.51. The van der Waals surface area contributed by atoms with Gasteiger partial charge in [-0.3, -0.25) is 0 Å². The summed E-state index contributed by atoms with van der Waals surface area (Å²) in [5.41, 5.74) is 5.62. The largest absolute Gasteiger partial charge is 0.508 e. The summed E-state index contributed by atoms with van der Waals surface area (Å²) in [6, 6.07) is -0.653. The molecule has 0 fully saturated rings. The summed E-state index contributed by atoms with van der Waals surface area (Å²) < 4.78 is 8.08. The molecule has 0 radical (unpaired) electrons. The first-order valence-corrected chi connectivity index (χ1v) is 8.24. The molecule has 5 N–H and O–H groups in total. The first-order valence-electron chi connectivity index (χ1n) is 7.10. The van der Waals surface area contributed by atoms with Crippen LogP contribution in [0.2, 0.25) is 0 Å². The molecule has 0 bridgehead atoms. The molecule has 2 atom stereocenters. The van der Waals surface area contributed by atoms with E-state index in [2.05, 4.69) is 29.1 Å². The Morgan fingerprint density at radius 3 is 2.79 bits per heavy atom. The molecular weight excluding hydrogens is 379 g/mol. The van der Waals surface area contributed by atoms with E-state index in [-0.39, 0.29) is 24.5 Å². The number of ether oxygens (including phenoxy) is 2. The first kappa shape index (κ1) is 20.6. The van der Waals surface area contributed by atoms with Crippen LogP contribution in [0.3, 0.4) is 0 Å². The van der Waals surface area contributed by atoms with E-state index in [1.54, 1.807) is 0 Å². The minimum Gasteiger partial charge on any atom is -0.432 e. The molecule has 0 saturated heterocycles. The second-order valence-electron chi connectivity index (χ2n) is 5.03. The third-order valence-electron chi connectivity index (χ3n) is 2.87. The van der Waals surface area contributed by atoms with Crippen LogP contribution in [0.25, 0.3) is 0 Å². The summed E-state index contributed by atoms with van der Waals surface area (Å²) >= 11 is 16.5. The number of halogens is 3. The van der Waals surface area contributed by atoms with Gasteiger partial charge in [0.2, 0.25) is 3.79 Å². The Balaban J connectivity index is 2.67. The first-order chi connectivity index (χ1) is 11.2. The van der Waals surface area contributed by atoms with Crippen LogP contribution in [-0.2, 0) is 9.47 Å². The standard InChI is InChI=1S/C14H21Cl3N4O3/c1-9(18)20-11-5-3-4-6-19-10(2)21-12(11)7-23-13(22)24-8-14(15,16)17/h3,5,11-12,19-21H,1-2,4,6-8,18H2/t11-,12+/m1/s1. The second kappa shape index (κ2) is 9.76. The highest BCUT2D eigenvalue weighted by molar-refractivity contribution is 6.67.